The molecule has 0 aliphatic rings. The van der Waals surface area contributed by atoms with Gasteiger partial charge in [-0.3, -0.25) is 14.4 Å². The van der Waals surface area contributed by atoms with Crippen LogP contribution in [0.1, 0.15) is 31.8 Å². The van der Waals surface area contributed by atoms with Crippen LogP contribution < -0.4 is 22.1 Å². The third-order valence-electron chi connectivity index (χ3n) is 4.87. The normalized spacial score (nSPS) is 11.2. The monoisotopic (exact) mass is 460 g/mol. The van der Waals surface area contributed by atoms with E-state index < -0.39 is 29.9 Å². The summed E-state index contributed by atoms with van der Waals surface area (Å²) in [4.78, 5) is 48.7. The minimum absolute atomic E-state index is 0.00133. The van der Waals surface area contributed by atoms with E-state index in [1.54, 1.807) is 0 Å². The van der Waals surface area contributed by atoms with Gasteiger partial charge in [0.25, 0.3) is 0 Å². The zero-order valence-corrected chi connectivity index (χ0v) is 18.2. The minimum atomic E-state index is -1.01. The Morgan fingerprint density at radius 1 is 0.765 bits per heavy atom. The van der Waals surface area contributed by atoms with Crippen molar-refractivity contribution in [3.63, 3.8) is 0 Å². The summed E-state index contributed by atoms with van der Waals surface area (Å²) in [5.41, 5.74) is 12.4. The van der Waals surface area contributed by atoms with E-state index in [0.717, 1.165) is 11.1 Å². The number of carbonyl (C=O) groups excluding carboxylic acids is 4. The standard InChI is InChI=1S/C25H24N4O5/c26-22(30)18-12-19(23(27)31)14-20(13-18)28-24(32)21(11-16-7-3-1-4-8-16)29-25(33)34-15-17-9-5-2-6-10-17/h1-10,12-14,21H,11,15H2,(H2,26,30)(H2,27,31)(H,28,32)(H,29,33). The number of benzene rings is 3. The van der Waals surface area contributed by atoms with E-state index in [0.29, 0.717) is 0 Å². The predicted molar refractivity (Wildman–Crippen MR) is 126 cm³/mol. The first kappa shape index (κ1) is 24.0. The molecule has 6 N–H and O–H groups in total. The van der Waals surface area contributed by atoms with Crippen molar-refractivity contribution in [2.75, 3.05) is 5.32 Å². The molecule has 4 amide bonds. The van der Waals surface area contributed by atoms with Crippen molar-refractivity contribution in [1.29, 1.82) is 0 Å². The number of ether oxygens (including phenoxy) is 1. The van der Waals surface area contributed by atoms with Gasteiger partial charge in [-0.15, -0.1) is 0 Å². The Morgan fingerprint density at radius 3 is 1.82 bits per heavy atom. The fourth-order valence-corrected chi connectivity index (χ4v) is 3.18. The van der Waals surface area contributed by atoms with Gasteiger partial charge in [0.2, 0.25) is 17.7 Å². The number of hydrogen-bond acceptors (Lipinski definition) is 5. The van der Waals surface area contributed by atoms with Crippen LogP contribution in [0.3, 0.4) is 0 Å². The van der Waals surface area contributed by atoms with Crippen molar-refractivity contribution in [2.24, 2.45) is 11.5 Å². The Morgan fingerprint density at radius 2 is 1.29 bits per heavy atom. The highest BCUT2D eigenvalue weighted by molar-refractivity contribution is 6.03. The lowest BCUT2D eigenvalue weighted by Crippen LogP contribution is -2.45. The van der Waals surface area contributed by atoms with Gasteiger partial charge in [0, 0.05) is 23.2 Å². The number of carbonyl (C=O) groups is 4. The second-order valence-electron chi connectivity index (χ2n) is 7.47. The molecule has 174 valence electrons. The maximum atomic E-state index is 13.1. The Labute approximate surface area is 196 Å². The van der Waals surface area contributed by atoms with E-state index in [2.05, 4.69) is 10.6 Å². The largest absolute Gasteiger partial charge is 0.445 e. The fourth-order valence-electron chi connectivity index (χ4n) is 3.18. The first-order chi connectivity index (χ1) is 16.3. The maximum Gasteiger partial charge on any atom is 0.408 e. The number of hydrogen-bond donors (Lipinski definition) is 4. The molecule has 0 aromatic heterocycles. The molecule has 0 aliphatic carbocycles. The van der Waals surface area contributed by atoms with Crippen LogP contribution in [-0.4, -0.2) is 29.9 Å². The van der Waals surface area contributed by atoms with Crippen molar-refractivity contribution in [1.82, 2.24) is 5.32 Å². The van der Waals surface area contributed by atoms with Gasteiger partial charge in [-0.1, -0.05) is 60.7 Å². The van der Waals surface area contributed by atoms with Crippen molar-refractivity contribution in [3.8, 4) is 0 Å². The maximum absolute atomic E-state index is 13.1. The number of nitrogens with two attached hydrogens (primary N) is 2. The van der Waals surface area contributed by atoms with Crippen molar-refractivity contribution < 1.29 is 23.9 Å². The molecule has 1 atom stereocenters. The summed E-state index contributed by atoms with van der Waals surface area (Å²) in [7, 11) is 0. The summed E-state index contributed by atoms with van der Waals surface area (Å²) < 4.78 is 5.25. The van der Waals surface area contributed by atoms with Gasteiger partial charge in [-0.25, -0.2) is 4.79 Å². The summed E-state index contributed by atoms with van der Waals surface area (Å²) in [5.74, 6) is -2.17. The smallest absolute Gasteiger partial charge is 0.408 e. The topological polar surface area (TPSA) is 154 Å². The molecule has 0 heterocycles. The molecule has 0 saturated carbocycles. The quantitative estimate of drug-likeness (QED) is 0.386. The van der Waals surface area contributed by atoms with Crippen LogP contribution in [0, 0.1) is 0 Å². The number of amides is 4. The summed E-state index contributed by atoms with van der Waals surface area (Å²) >= 11 is 0. The van der Waals surface area contributed by atoms with E-state index >= 15 is 0 Å². The minimum Gasteiger partial charge on any atom is -0.445 e. The Bertz CT molecular complexity index is 1150. The predicted octanol–water partition coefficient (Wildman–Crippen LogP) is 2.36. The number of alkyl carbamates (subject to hydrolysis) is 1. The van der Waals surface area contributed by atoms with Crippen LogP contribution in [0.4, 0.5) is 10.5 Å². The molecule has 3 rings (SSSR count). The molecule has 0 radical (unpaired) electrons. The molecule has 34 heavy (non-hydrogen) atoms. The molecule has 0 spiro atoms. The highest BCUT2D eigenvalue weighted by Gasteiger charge is 2.23. The molecule has 0 fully saturated rings. The van der Waals surface area contributed by atoms with Crippen LogP contribution >= 0.6 is 0 Å². The molecular weight excluding hydrogens is 436 g/mol. The number of nitrogens with one attached hydrogen (secondary N) is 2. The lowest BCUT2D eigenvalue weighted by Gasteiger charge is -2.19. The lowest BCUT2D eigenvalue weighted by atomic mass is 10.0. The molecule has 3 aromatic carbocycles. The number of primary amides is 2. The second kappa shape index (κ2) is 11.3. The van der Waals surface area contributed by atoms with Gasteiger partial charge in [0.15, 0.2) is 0 Å². The summed E-state index contributed by atoms with van der Waals surface area (Å²) in [5, 5.41) is 5.18. The molecule has 0 aliphatic heterocycles. The van der Waals surface area contributed by atoms with Crippen molar-refractivity contribution >= 4 is 29.5 Å². The van der Waals surface area contributed by atoms with Gasteiger partial charge < -0.3 is 26.8 Å². The molecule has 0 saturated heterocycles. The van der Waals surface area contributed by atoms with E-state index in [9.17, 15) is 19.2 Å². The zero-order valence-electron chi connectivity index (χ0n) is 18.2. The van der Waals surface area contributed by atoms with Gasteiger partial charge in [-0.05, 0) is 29.3 Å². The number of anilines is 1. The highest BCUT2D eigenvalue weighted by atomic mass is 16.5. The van der Waals surface area contributed by atoms with Crippen LogP contribution in [-0.2, 0) is 22.6 Å². The first-order valence-corrected chi connectivity index (χ1v) is 10.4. The van der Waals surface area contributed by atoms with Crippen LogP contribution in [0.15, 0.2) is 78.9 Å². The van der Waals surface area contributed by atoms with E-state index in [-0.39, 0.29) is 29.8 Å². The molecular formula is C25H24N4O5. The van der Waals surface area contributed by atoms with Crippen LogP contribution in [0.5, 0.6) is 0 Å². The Hall–Kier alpha value is -4.66. The fraction of sp³-hybridized carbons (Fsp3) is 0.120. The first-order valence-electron chi connectivity index (χ1n) is 10.4. The second-order valence-corrected chi connectivity index (χ2v) is 7.47. The zero-order chi connectivity index (χ0) is 24.5. The molecule has 1 unspecified atom stereocenters. The molecule has 9 heteroatoms. The Kier molecular flexibility index (Phi) is 7.96. The lowest BCUT2D eigenvalue weighted by molar-refractivity contribution is -0.118. The highest BCUT2D eigenvalue weighted by Crippen LogP contribution is 2.16. The van der Waals surface area contributed by atoms with Gasteiger partial charge in [0.1, 0.15) is 12.6 Å². The summed E-state index contributed by atoms with van der Waals surface area (Å²) in [6.45, 7) is 0.0367. The SMILES string of the molecule is NC(=O)c1cc(NC(=O)C(Cc2ccccc2)NC(=O)OCc2ccccc2)cc(C(N)=O)c1. The average molecular weight is 460 g/mol. The van der Waals surface area contributed by atoms with Crippen molar-refractivity contribution in [3.05, 3.63) is 101 Å². The number of rotatable bonds is 9. The molecule has 0 bridgehead atoms. The van der Waals surface area contributed by atoms with E-state index in [1.807, 2.05) is 60.7 Å². The third-order valence-corrected chi connectivity index (χ3v) is 4.87. The van der Waals surface area contributed by atoms with Crippen LogP contribution in [0.25, 0.3) is 0 Å². The summed E-state index contributed by atoms with van der Waals surface area (Å²) in [6, 6.07) is 21.1. The third kappa shape index (κ3) is 6.92. The van der Waals surface area contributed by atoms with Crippen LogP contribution in [0.2, 0.25) is 0 Å². The van der Waals surface area contributed by atoms with E-state index in [1.165, 1.54) is 18.2 Å². The summed E-state index contributed by atoms with van der Waals surface area (Å²) in [6.07, 6.45) is -0.602. The van der Waals surface area contributed by atoms with E-state index in [4.69, 9.17) is 16.2 Å². The van der Waals surface area contributed by atoms with Gasteiger partial charge in [0.05, 0.1) is 0 Å². The molecule has 3 aromatic rings. The van der Waals surface area contributed by atoms with Gasteiger partial charge in [-0.2, -0.15) is 0 Å². The average Bonchev–Trinajstić information content (AvgIpc) is 2.83. The Balaban J connectivity index is 1.77. The van der Waals surface area contributed by atoms with Crippen molar-refractivity contribution in [2.45, 2.75) is 19.1 Å². The molecule has 9 nitrogen and oxygen atoms in total. The van der Waals surface area contributed by atoms with Gasteiger partial charge >= 0.3 is 6.09 Å².